The quantitative estimate of drug-likeness (QED) is 0.635. The van der Waals surface area contributed by atoms with Gasteiger partial charge in [0.2, 0.25) is 0 Å². The Hall–Kier alpha value is -2.07. The molecule has 0 fully saturated rings. The third-order valence-corrected chi connectivity index (χ3v) is 6.04. The van der Waals surface area contributed by atoms with Crippen LogP contribution in [0.15, 0.2) is 40.2 Å². The molecule has 2 aromatic rings. The van der Waals surface area contributed by atoms with E-state index in [0.29, 0.717) is 9.35 Å². The van der Waals surface area contributed by atoms with E-state index in [4.69, 9.17) is 0 Å². The largest absolute Gasteiger partial charge is 0.530 e. The van der Waals surface area contributed by atoms with Crippen LogP contribution in [0, 0.1) is 0 Å². The minimum Gasteiger partial charge on any atom is -0.530 e. The van der Waals surface area contributed by atoms with Crippen molar-refractivity contribution in [3.05, 3.63) is 56.2 Å². The van der Waals surface area contributed by atoms with Crippen LogP contribution in [0.2, 0.25) is 0 Å². The van der Waals surface area contributed by atoms with Gasteiger partial charge in [-0.25, -0.2) is 0 Å². The van der Waals surface area contributed by atoms with Crippen molar-refractivity contribution in [3.8, 4) is 0 Å². The van der Waals surface area contributed by atoms with Crippen molar-refractivity contribution in [3.63, 3.8) is 0 Å². The van der Waals surface area contributed by atoms with E-state index in [2.05, 4.69) is 21.2 Å². The summed E-state index contributed by atoms with van der Waals surface area (Å²) in [6.45, 7) is 4.70. The monoisotopic (exact) mass is 505 g/mol. The molecule has 0 spiro atoms. The van der Waals surface area contributed by atoms with Gasteiger partial charge in [0.05, 0.1) is 16.5 Å². The Kier molecular flexibility index (Phi) is 7.57. The summed E-state index contributed by atoms with van der Waals surface area (Å²) in [5, 5.41) is 16.0. The van der Waals surface area contributed by atoms with Crippen molar-refractivity contribution in [2.75, 3.05) is 6.54 Å². The van der Waals surface area contributed by atoms with Crippen molar-refractivity contribution in [2.45, 2.75) is 44.9 Å². The van der Waals surface area contributed by atoms with Gasteiger partial charge in [0.25, 0.3) is 5.91 Å². The fourth-order valence-electron chi connectivity index (χ4n) is 2.93. The smallest absolute Gasteiger partial charge is 0.416 e. The molecule has 0 saturated heterocycles. The van der Waals surface area contributed by atoms with Crippen LogP contribution in [-0.4, -0.2) is 35.0 Å². The summed E-state index contributed by atoms with van der Waals surface area (Å²) in [5.41, 5.74) is -1.72. The fraction of sp³-hybridized carbons (Fsp3) is 0.400. The molecule has 0 aliphatic heterocycles. The van der Waals surface area contributed by atoms with E-state index in [9.17, 15) is 27.9 Å². The maximum absolute atomic E-state index is 13.4. The molecular weight excluding hydrogens is 485 g/mol. The highest BCUT2D eigenvalue weighted by molar-refractivity contribution is 9.10. The lowest BCUT2D eigenvalue weighted by Crippen LogP contribution is -2.57. The van der Waals surface area contributed by atoms with Crippen molar-refractivity contribution in [1.82, 2.24) is 10.2 Å². The van der Waals surface area contributed by atoms with E-state index in [1.807, 2.05) is 0 Å². The Balaban J connectivity index is 2.36. The number of carbonyl (C=O) groups excluding carboxylic acids is 2. The van der Waals surface area contributed by atoms with Gasteiger partial charge in [0.1, 0.15) is 6.09 Å². The summed E-state index contributed by atoms with van der Waals surface area (Å²) < 4.78 is 40.9. The normalized spacial score (nSPS) is 13.0. The van der Waals surface area contributed by atoms with Crippen molar-refractivity contribution < 1.29 is 27.9 Å². The molecule has 1 heterocycles. The molecule has 164 valence electrons. The zero-order valence-corrected chi connectivity index (χ0v) is 19.0. The fourth-order valence-corrected chi connectivity index (χ4v) is 4.26. The van der Waals surface area contributed by atoms with Crippen LogP contribution in [0.4, 0.5) is 18.0 Å². The molecule has 30 heavy (non-hydrogen) atoms. The molecule has 2 rings (SSSR count). The molecule has 0 radical (unpaired) electrons. The average Bonchev–Trinajstić information content (AvgIpc) is 3.04. The van der Waals surface area contributed by atoms with E-state index in [1.54, 1.807) is 32.2 Å². The highest BCUT2D eigenvalue weighted by Crippen LogP contribution is 2.32. The van der Waals surface area contributed by atoms with Crippen LogP contribution in [0.25, 0.3) is 0 Å². The zero-order chi connectivity index (χ0) is 22.7. The number of nitrogens with zero attached hydrogens (tertiary/aromatic N) is 1. The minimum absolute atomic E-state index is 0.0325. The predicted octanol–water partition coefficient (Wildman–Crippen LogP) is 4.31. The lowest BCUT2D eigenvalue weighted by Gasteiger charge is -2.40. The summed E-state index contributed by atoms with van der Waals surface area (Å²) >= 11 is 4.41. The molecule has 1 aromatic heterocycles. The first-order valence-electron chi connectivity index (χ1n) is 8.97. The summed E-state index contributed by atoms with van der Waals surface area (Å²) in [4.78, 5) is 25.6. The van der Waals surface area contributed by atoms with Gasteiger partial charge >= 0.3 is 6.18 Å². The van der Waals surface area contributed by atoms with Gasteiger partial charge in [0, 0.05) is 21.9 Å². The number of benzene rings is 1. The van der Waals surface area contributed by atoms with Gasteiger partial charge in [-0.05, 0) is 60.8 Å². The van der Waals surface area contributed by atoms with Gasteiger partial charge in [-0.15, -0.1) is 11.3 Å². The molecule has 1 atom stereocenters. The second kappa shape index (κ2) is 9.38. The second-order valence-electron chi connectivity index (χ2n) is 7.71. The standard InChI is InChI=1S/C20H22BrF3N2O3S/c1-19(2,3)26(18(28)29)10-14(25-17(27)16-9-13(21)11-30-16)8-12-6-4-5-7-15(12)20(22,23)24/h4-7,9,11,14H,8,10H2,1-3H3,(H,25,27)(H,28,29)/p-1/t14-/m0/s1. The molecular formula is C20H21BrF3N2O3S-. The Bertz CT molecular complexity index is 909. The molecule has 0 bridgehead atoms. The average molecular weight is 506 g/mol. The van der Waals surface area contributed by atoms with E-state index in [-0.39, 0.29) is 18.5 Å². The Morgan fingerprint density at radius 2 is 1.87 bits per heavy atom. The van der Waals surface area contributed by atoms with Gasteiger partial charge in [0.15, 0.2) is 0 Å². The van der Waals surface area contributed by atoms with Crippen molar-refractivity contribution >= 4 is 39.3 Å². The third-order valence-electron chi connectivity index (χ3n) is 4.35. The van der Waals surface area contributed by atoms with Crippen LogP contribution < -0.4 is 10.4 Å². The molecule has 0 aliphatic carbocycles. The van der Waals surface area contributed by atoms with E-state index >= 15 is 0 Å². The Morgan fingerprint density at radius 1 is 1.23 bits per heavy atom. The maximum atomic E-state index is 13.4. The lowest BCUT2D eigenvalue weighted by atomic mass is 9.98. The topological polar surface area (TPSA) is 72.5 Å². The molecule has 10 heteroatoms. The van der Waals surface area contributed by atoms with E-state index in [0.717, 1.165) is 22.3 Å². The Labute approximate surface area is 185 Å². The van der Waals surface area contributed by atoms with Crippen LogP contribution in [0.5, 0.6) is 0 Å². The number of hydrogen-bond acceptors (Lipinski definition) is 4. The summed E-state index contributed by atoms with van der Waals surface area (Å²) in [6.07, 6.45) is -6.24. The first-order chi connectivity index (χ1) is 13.8. The number of hydrogen-bond donors (Lipinski definition) is 1. The number of carboxylic acid groups (broad SMARTS) is 1. The number of halogens is 4. The summed E-state index contributed by atoms with van der Waals surface area (Å²) in [7, 11) is 0. The number of carbonyl (C=O) groups is 2. The molecule has 1 aromatic carbocycles. The van der Waals surface area contributed by atoms with Gasteiger partial charge in [-0.3, -0.25) is 4.79 Å². The molecule has 2 amide bonds. The maximum Gasteiger partial charge on any atom is 0.416 e. The van der Waals surface area contributed by atoms with Gasteiger partial charge < -0.3 is 20.1 Å². The number of rotatable bonds is 6. The third kappa shape index (κ3) is 6.46. The highest BCUT2D eigenvalue weighted by atomic mass is 79.9. The first kappa shape index (κ1) is 24.2. The van der Waals surface area contributed by atoms with Crippen LogP contribution in [0.1, 0.15) is 41.6 Å². The lowest BCUT2D eigenvalue weighted by molar-refractivity contribution is -0.270. The van der Waals surface area contributed by atoms with Crippen molar-refractivity contribution in [2.24, 2.45) is 0 Å². The second-order valence-corrected chi connectivity index (χ2v) is 9.53. The molecule has 0 aliphatic rings. The molecule has 1 N–H and O–H groups in total. The Morgan fingerprint density at radius 3 is 2.37 bits per heavy atom. The van der Waals surface area contributed by atoms with Gasteiger partial charge in [-0.2, -0.15) is 13.2 Å². The number of amides is 2. The van der Waals surface area contributed by atoms with Crippen molar-refractivity contribution in [1.29, 1.82) is 0 Å². The SMILES string of the molecule is CC(C)(C)N(C[C@H](Cc1ccccc1C(F)(F)F)NC(=O)c1cc(Br)cs1)C(=O)[O-]. The van der Waals surface area contributed by atoms with Crippen LogP contribution in [-0.2, 0) is 12.6 Å². The number of nitrogens with one attached hydrogen (secondary N) is 1. The van der Waals surface area contributed by atoms with E-state index in [1.165, 1.54) is 18.2 Å². The van der Waals surface area contributed by atoms with E-state index < -0.39 is 35.3 Å². The minimum atomic E-state index is -4.57. The first-order valence-corrected chi connectivity index (χ1v) is 10.6. The highest BCUT2D eigenvalue weighted by Gasteiger charge is 2.34. The summed E-state index contributed by atoms with van der Waals surface area (Å²) in [5.74, 6) is -0.493. The van der Waals surface area contributed by atoms with Gasteiger partial charge in [-0.1, -0.05) is 18.2 Å². The molecule has 0 saturated carbocycles. The van der Waals surface area contributed by atoms with Crippen LogP contribution in [0.3, 0.4) is 0 Å². The number of thiophene rings is 1. The zero-order valence-electron chi connectivity index (χ0n) is 16.5. The summed E-state index contributed by atoms with van der Waals surface area (Å²) in [6, 6.07) is 5.72. The molecule has 5 nitrogen and oxygen atoms in total. The predicted molar refractivity (Wildman–Crippen MR) is 110 cm³/mol. The molecule has 0 unspecified atom stereocenters. The van der Waals surface area contributed by atoms with Crippen LogP contribution >= 0.6 is 27.3 Å². The number of alkyl halides is 3.